The first-order valence-electron chi connectivity index (χ1n) is 6.45. The highest BCUT2D eigenvalue weighted by molar-refractivity contribution is 7.85. The smallest absolute Gasteiger partial charge is 0.0916 e. The number of aliphatic hydroxyl groups excluding tert-OH is 1. The molecule has 2 rings (SSSR count). The van der Waals surface area contributed by atoms with E-state index >= 15 is 0 Å². The van der Waals surface area contributed by atoms with E-state index in [0.717, 1.165) is 29.9 Å². The molecule has 1 saturated heterocycles. The molecule has 3 nitrogen and oxygen atoms in total. The molecule has 1 aliphatic heterocycles. The van der Waals surface area contributed by atoms with Crippen molar-refractivity contribution >= 4 is 10.8 Å². The fourth-order valence-corrected chi connectivity index (χ4v) is 3.70. The highest BCUT2D eigenvalue weighted by Crippen LogP contribution is 2.19. The molecule has 0 radical (unpaired) electrons. The second-order valence-electron chi connectivity index (χ2n) is 4.95. The number of nitrogens with zero attached hydrogens (tertiary/aromatic N) is 1. The minimum absolute atomic E-state index is 0.441. The third-order valence-corrected chi connectivity index (χ3v) is 5.01. The molecule has 100 valence electrons. The number of rotatable bonds is 4. The molecule has 1 aromatic carbocycles. The van der Waals surface area contributed by atoms with Crippen molar-refractivity contribution in [3.05, 3.63) is 35.9 Å². The van der Waals surface area contributed by atoms with Crippen LogP contribution in [0, 0.1) is 0 Å². The molecule has 1 aliphatic rings. The normalized spacial score (nSPS) is 26.2. The van der Waals surface area contributed by atoms with Crippen molar-refractivity contribution in [1.82, 2.24) is 4.90 Å². The summed E-state index contributed by atoms with van der Waals surface area (Å²) in [7, 11) is 1.43. The van der Waals surface area contributed by atoms with E-state index in [4.69, 9.17) is 0 Å². The third-order valence-electron chi connectivity index (χ3n) is 3.63. The first-order valence-corrected chi connectivity index (χ1v) is 7.94. The van der Waals surface area contributed by atoms with E-state index in [0.29, 0.717) is 12.6 Å². The highest BCUT2D eigenvalue weighted by Gasteiger charge is 2.23. The lowest BCUT2D eigenvalue weighted by atomic mass is 10.1. The third kappa shape index (κ3) is 3.64. The Labute approximate surface area is 111 Å². The van der Waals surface area contributed by atoms with Crippen LogP contribution < -0.4 is 0 Å². The summed E-state index contributed by atoms with van der Waals surface area (Å²) < 4.78 is 11.3. The Kier molecular flexibility index (Phi) is 4.92. The largest absolute Gasteiger partial charge is 0.387 e. The number of likely N-dealkylation sites (N-methyl/N-ethyl adjacent to an activating group) is 1. The van der Waals surface area contributed by atoms with Gasteiger partial charge in [0.2, 0.25) is 0 Å². The van der Waals surface area contributed by atoms with Crippen LogP contribution in [0.5, 0.6) is 0 Å². The molecule has 1 N–H and O–H groups in total. The minimum atomic E-state index is -0.615. The average Bonchev–Trinajstić information content (AvgIpc) is 2.40. The zero-order chi connectivity index (χ0) is 13.0. The summed E-state index contributed by atoms with van der Waals surface area (Å²) in [5.41, 5.74) is 0.962. The van der Waals surface area contributed by atoms with E-state index in [1.165, 1.54) is 0 Å². The van der Waals surface area contributed by atoms with Gasteiger partial charge in [0.25, 0.3) is 0 Å². The molecule has 0 spiro atoms. The average molecular weight is 267 g/mol. The van der Waals surface area contributed by atoms with Crippen LogP contribution in [0.1, 0.15) is 24.5 Å². The second kappa shape index (κ2) is 6.45. The lowest BCUT2D eigenvalue weighted by molar-refractivity contribution is 0.101. The van der Waals surface area contributed by atoms with Gasteiger partial charge in [0.05, 0.1) is 6.10 Å². The molecule has 0 amide bonds. The van der Waals surface area contributed by atoms with Gasteiger partial charge in [-0.15, -0.1) is 0 Å². The zero-order valence-electron chi connectivity index (χ0n) is 10.8. The van der Waals surface area contributed by atoms with Crippen LogP contribution in [0.2, 0.25) is 0 Å². The van der Waals surface area contributed by atoms with Crippen LogP contribution in [0.15, 0.2) is 30.3 Å². The molecule has 1 heterocycles. The molecule has 18 heavy (non-hydrogen) atoms. The summed E-state index contributed by atoms with van der Waals surface area (Å²) in [6.07, 6.45) is 1.51. The zero-order valence-corrected chi connectivity index (χ0v) is 11.6. The molecule has 4 heteroatoms. The fourth-order valence-electron chi connectivity index (χ4n) is 2.42. The molecule has 0 aliphatic carbocycles. The van der Waals surface area contributed by atoms with Gasteiger partial charge in [-0.3, -0.25) is 4.21 Å². The Morgan fingerprint density at radius 1 is 1.33 bits per heavy atom. The Morgan fingerprint density at radius 3 is 2.56 bits per heavy atom. The summed E-state index contributed by atoms with van der Waals surface area (Å²) in [6, 6.07) is 10.2. The van der Waals surface area contributed by atoms with Gasteiger partial charge in [0.15, 0.2) is 0 Å². The molecule has 0 saturated carbocycles. The SMILES string of the molecule is CN(CC(O)c1ccccc1)C1CCS(=O)CC1. The Hall–Kier alpha value is -0.710. The van der Waals surface area contributed by atoms with E-state index in [1.54, 1.807) is 0 Å². The molecule has 1 aromatic rings. The van der Waals surface area contributed by atoms with Gasteiger partial charge in [-0.1, -0.05) is 30.3 Å². The number of benzene rings is 1. The van der Waals surface area contributed by atoms with Crippen LogP contribution in [0.4, 0.5) is 0 Å². The predicted octanol–water partition coefficient (Wildman–Crippen LogP) is 1.56. The van der Waals surface area contributed by atoms with Gasteiger partial charge in [0, 0.05) is 34.9 Å². The molecule has 1 atom stereocenters. The standard InChI is InChI=1S/C14H21NO2S/c1-15(13-7-9-18(17)10-8-13)11-14(16)12-5-3-2-4-6-12/h2-6,13-14,16H,7-11H2,1H3. The van der Waals surface area contributed by atoms with Gasteiger partial charge < -0.3 is 10.0 Å². The first kappa shape index (κ1) is 13.7. The van der Waals surface area contributed by atoms with Gasteiger partial charge in [-0.25, -0.2) is 0 Å². The number of hydrogen-bond donors (Lipinski definition) is 1. The van der Waals surface area contributed by atoms with Gasteiger partial charge in [-0.2, -0.15) is 0 Å². The Balaban J connectivity index is 1.87. The van der Waals surface area contributed by atoms with Crippen molar-refractivity contribution < 1.29 is 9.32 Å². The van der Waals surface area contributed by atoms with Crippen molar-refractivity contribution in [1.29, 1.82) is 0 Å². The van der Waals surface area contributed by atoms with Crippen molar-refractivity contribution in [3.63, 3.8) is 0 Å². The lowest BCUT2D eigenvalue weighted by Crippen LogP contribution is -2.39. The molecule has 1 unspecified atom stereocenters. The highest BCUT2D eigenvalue weighted by atomic mass is 32.2. The van der Waals surface area contributed by atoms with Crippen LogP contribution >= 0.6 is 0 Å². The fraction of sp³-hybridized carbons (Fsp3) is 0.571. The van der Waals surface area contributed by atoms with Crippen molar-refractivity contribution in [2.45, 2.75) is 25.0 Å². The van der Waals surface area contributed by atoms with E-state index in [1.807, 2.05) is 37.4 Å². The summed E-state index contributed by atoms with van der Waals surface area (Å²) in [4.78, 5) is 2.20. The van der Waals surface area contributed by atoms with Crippen LogP contribution in [0.25, 0.3) is 0 Å². The monoisotopic (exact) mass is 267 g/mol. The maximum Gasteiger partial charge on any atom is 0.0916 e. The van der Waals surface area contributed by atoms with E-state index < -0.39 is 16.9 Å². The molecular weight excluding hydrogens is 246 g/mol. The minimum Gasteiger partial charge on any atom is -0.387 e. The van der Waals surface area contributed by atoms with Crippen molar-refractivity contribution in [2.24, 2.45) is 0 Å². The van der Waals surface area contributed by atoms with Crippen molar-refractivity contribution in [3.8, 4) is 0 Å². The van der Waals surface area contributed by atoms with E-state index in [2.05, 4.69) is 4.90 Å². The molecule has 0 bridgehead atoms. The quantitative estimate of drug-likeness (QED) is 0.900. The predicted molar refractivity (Wildman–Crippen MR) is 74.9 cm³/mol. The second-order valence-corrected chi connectivity index (χ2v) is 6.64. The van der Waals surface area contributed by atoms with Crippen molar-refractivity contribution in [2.75, 3.05) is 25.1 Å². The number of aliphatic hydroxyl groups is 1. The van der Waals surface area contributed by atoms with E-state index in [-0.39, 0.29) is 0 Å². The van der Waals surface area contributed by atoms with Crippen LogP contribution in [-0.2, 0) is 10.8 Å². The first-order chi connectivity index (χ1) is 8.66. The lowest BCUT2D eigenvalue weighted by Gasteiger charge is -2.32. The van der Waals surface area contributed by atoms with Gasteiger partial charge in [0.1, 0.15) is 0 Å². The summed E-state index contributed by atoms with van der Waals surface area (Å²) in [5.74, 6) is 1.60. The molecular formula is C14H21NO2S. The summed E-state index contributed by atoms with van der Waals surface area (Å²) in [6.45, 7) is 0.640. The van der Waals surface area contributed by atoms with Gasteiger partial charge >= 0.3 is 0 Å². The van der Waals surface area contributed by atoms with Crippen LogP contribution in [0.3, 0.4) is 0 Å². The maximum absolute atomic E-state index is 11.3. The summed E-state index contributed by atoms with van der Waals surface area (Å²) >= 11 is 0. The number of hydrogen-bond acceptors (Lipinski definition) is 3. The van der Waals surface area contributed by atoms with Crippen LogP contribution in [-0.4, -0.2) is 45.4 Å². The summed E-state index contributed by atoms with van der Waals surface area (Å²) in [5, 5.41) is 10.2. The topological polar surface area (TPSA) is 40.5 Å². The Bertz CT molecular complexity index is 386. The van der Waals surface area contributed by atoms with E-state index in [9.17, 15) is 9.32 Å². The molecule has 1 fully saturated rings. The van der Waals surface area contributed by atoms with Gasteiger partial charge in [-0.05, 0) is 25.5 Å². The maximum atomic E-state index is 11.3. The molecule has 0 aromatic heterocycles. The Morgan fingerprint density at radius 2 is 1.94 bits per heavy atom.